The van der Waals surface area contributed by atoms with Crippen molar-refractivity contribution in [2.45, 2.75) is 46.1 Å². The van der Waals surface area contributed by atoms with E-state index in [9.17, 15) is 4.79 Å². The van der Waals surface area contributed by atoms with E-state index in [0.29, 0.717) is 0 Å². The maximum atomic E-state index is 10.9. The number of amides is 1. The second-order valence-corrected chi connectivity index (χ2v) is 9.65. The van der Waals surface area contributed by atoms with Crippen LogP contribution >= 0.6 is 7.92 Å². The highest BCUT2D eigenvalue weighted by Gasteiger charge is 2.15. The van der Waals surface area contributed by atoms with Gasteiger partial charge in [0.05, 0.1) is 6.10 Å². The first-order valence-electron chi connectivity index (χ1n) is 11.0. The predicted molar refractivity (Wildman–Crippen MR) is 134 cm³/mol. The third kappa shape index (κ3) is 9.36. The highest BCUT2D eigenvalue weighted by molar-refractivity contribution is 7.79. The van der Waals surface area contributed by atoms with Crippen LogP contribution in [-0.2, 0) is 4.74 Å². The number of hydrogen-bond donors (Lipinski definition) is 1. The minimum Gasteiger partial charge on any atom is -0.447 e. The maximum Gasteiger partial charge on any atom is 0.407 e. The molecule has 164 valence electrons. The second-order valence-electron chi connectivity index (χ2n) is 7.43. The fourth-order valence-corrected chi connectivity index (χ4v) is 5.30. The molecule has 3 nitrogen and oxygen atoms in total. The Balaban J connectivity index is 0.000000248. The molecule has 1 amide bonds. The van der Waals surface area contributed by atoms with Gasteiger partial charge in [0.2, 0.25) is 0 Å². The molecule has 0 bridgehead atoms. The number of alkyl carbamates (subject to hydrolysis) is 1. The van der Waals surface area contributed by atoms with Gasteiger partial charge in [0.15, 0.2) is 0 Å². The molecule has 0 heterocycles. The first-order chi connectivity index (χ1) is 15.1. The zero-order valence-corrected chi connectivity index (χ0v) is 19.7. The summed E-state index contributed by atoms with van der Waals surface area (Å²) >= 11 is 0. The van der Waals surface area contributed by atoms with E-state index in [-0.39, 0.29) is 12.2 Å². The van der Waals surface area contributed by atoms with E-state index in [2.05, 4.69) is 103 Å². The van der Waals surface area contributed by atoms with Crippen LogP contribution in [0.25, 0.3) is 0 Å². The molecular weight excluding hydrogens is 401 g/mol. The van der Waals surface area contributed by atoms with Gasteiger partial charge < -0.3 is 10.1 Å². The van der Waals surface area contributed by atoms with Crippen LogP contribution in [0.4, 0.5) is 4.79 Å². The lowest BCUT2D eigenvalue weighted by Crippen LogP contribution is -2.27. The molecule has 0 aromatic heterocycles. The van der Waals surface area contributed by atoms with Crippen LogP contribution in [0.5, 0.6) is 0 Å². The Bertz CT molecular complexity index is 760. The van der Waals surface area contributed by atoms with Crippen molar-refractivity contribution in [2.75, 3.05) is 6.54 Å². The van der Waals surface area contributed by atoms with Gasteiger partial charge in [0, 0.05) is 6.54 Å². The molecule has 0 fully saturated rings. The van der Waals surface area contributed by atoms with Crippen LogP contribution in [0.15, 0.2) is 91.0 Å². The molecule has 0 saturated heterocycles. The summed E-state index contributed by atoms with van der Waals surface area (Å²) in [4.78, 5) is 10.9. The van der Waals surface area contributed by atoms with Crippen LogP contribution in [0.3, 0.4) is 0 Å². The molecule has 3 aromatic rings. The standard InChI is InChI=1S/C18H15P.C9H19NO2/c1-4-10-16(11-5-1)19(17-12-6-2-7-13-17)18-14-8-3-9-15-18;1-4-5-6-7-10-9(11)12-8(2)3/h1-15H;8H,4-7H2,1-3H3,(H,10,11). The van der Waals surface area contributed by atoms with E-state index in [1.54, 1.807) is 0 Å². The van der Waals surface area contributed by atoms with Crippen molar-refractivity contribution in [1.29, 1.82) is 0 Å². The van der Waals surface area contributed by atoms with Crippen LogP contribution in [-0.4, -0.2) is 18.7 Å². The van der Waals surface area contributed by atoms with E-state index in [0.717, 1.165) is 19.4 Å². The molecule has 1 N–H and O–H groups in total. The highest BCUT2D eigenvalue weighted by atomic mass is 31.1. The Hall–Kier alpha value is -2.64. The van der Waals surface area contributed by atoms with Crippen LogP contribution in [0.1, 0.15) is 40.0 Å². The molecule has 0 unspecified atom stereocenters. The summed E-state index contributed by atoms with van der Waals surface area (Å²) < 4.78 is 4.88. The minimum atomic E-state index is -0.446. The Morgan fingerprint density at radius 2 is 1.19 bits per heavy atom. The molecule has 0 saturated carbocycles. The largest absolute Gasteiger partial charge is 0.447 e. The molecule has 0 spiro atoms. The molecule has 0 radical (unpaired) electrons. The number of benzene rings is 3. The van der Waals surface area contributed by atoms with Crippen LogP contribution < -0.4 is 21.2 Å². The lowest BCUT2D eigenvalue weighted by atomic mass is 10.2. The summed E-state index contributed by atoms with van der Waals surface area (Å²) in [6.07, 6.45) is 3.02. The highest BCUT2D eigenvalue weighted by Crippen LogP contribution is 2.32. The number of hydrogen-bond acceptors (Lipinski definition) is 2. The topological polar surface area (TPSA) is 38.3 Å². The number of nitrogens with one attached hydrogen (secondary N) is 1. The molecule has 0 aliphatic rings. The van der Waals surface area contributed by atoms with Crippen molar-refractivity contribution >= 4 is 29.9 Å². The minimum absolute atomic E-state index is 0.0313. The Morgan fingerprint density at radius 3 is 1.55 bits per heavy atom. The zero-order valence-electron chi connectivity index (χ0n) is 18.8. The van der Waals surface area contributed by atoms with Crippen molar-refractivity contribution in [3.63, 3.8) is 0 Å². The van der Waals surface area contributed by atoms with Crippen molar-refractivity contribution in [3.8, 4) is 0 Å². The summed E-state index contributed by atoms with van der Waals surface area (Å²) in [5, 5.41) is 6.88. The summed E-state index contributed by atoms with van der Waals surface area (Å²) in [6, 6.07) is 32.3. The lowest BCUT2D eigenvalue weighted by Gasteiger charge is -2.18. The van der Waals surface area contributed by atoms with Gasteiger partial charge in [-0.15, -0.1) is 0 Å². The normalized spacial score (nSPS) is 10.4. The number of rotatable bonds is 8. The average Bonchev–Trinajstić information content (AvgIpc) is 2.79. The molecule has 31 heavy (non-hydrogen) atoms. The molecule has 0 aliphatic heterocycles. The van der Waals surface area contributed by atoms with Crippen molar-refractivity contribution in [1.82, 2.24) is 5.32 Å². The summed E-state index contributed by atoms with van der Waals surface area (Å²) in [7, 11) is -0.446. The fourth-order valence-electron chi connectivity index (χ4n) is 3.00. The van der Waals surface area contributed by atoms with Gasteiger partial charge >= 0.3 is 6.09 Å². The first kappa shape index (κ1) is 24.6. The summed E-state index contributed by atoms with van der Waals surface area (Å²) in [6.45, 7) is 6.53. The second kappa shape index (κ2) is 14.4. The fraction of sp³-hybridized carbons (Fsp3) is 0.296. The average molecular weight is 436 g/mol. The summed E-state index contributed by atoms with van der Waals surface area (Å²) in [5.41, 5.74) is 0. The zero-order chi connectivity index (χ0) is 22.3. The third-order valence-electron chi connectivity index (χ3n) is 4.44. The Morgan fingerprint density at radius 1 is 0.774 bits per heavy atom. The van der Waals surface area contributed by atoms with E-state index >= 15 is 0 Å². The smallest absolute Gasteiger partial charge is 0.407 e. The SMILES string of the molecule is CCCCCNC(=O)OC(C)C.c1ccc(P(c2ccccc2)c2ccccc2)cc1. The van der Waals surface area contributed by atoms with E-state index in [4.69, 9.17) is 4.74 Å². The number of unbranched alkanes of at least 4 members (excludes halogenated alkanes) is 2. The van der Waals surface area contributed by atoms with Crippen LogP contribution in [0, 0.1) is 0 Å². The maximum absolute atomic E-state index is 10.9. The van der Waals surface area contributed by atoms with E-state index in [1.165, 1.54) is 22.3 Å². The van der Waals surface area contributed by atoms with E-state index < -0.39 is 7.92 Å². The van der Waals surface area contributed by atoms with Crippen LogP contribution in [0.2, 0.25) is 0 Å². The number of carbonyl (C=O) groups excluding carboxylic acids is 1. The number of carbonyl (C=O) groups is 1. The number of ether oxygens (including phenoxy) is 1. The monoisotopic (exact) mass is 435 g/mol. The quantitative estimate of drug-likeness (QED) is 0.361. The Kier molecular flexibility index (Phi) is 11.4. The molecule has 0 atom stereocenters. The van der Waals surface area contributed by atoms with Gasteiger partial charge in [-0.05, 0) is 44.1 Å². The van der Waals surface area contributed by atoms with Gasteiger partial charge in [-0.25, -0.2) is 4.79 Å². The van der Waals surface area contributed by atoms with Gasteiger partial charge in [0.1, 0.15) is 0 Å². The molecule has 4 heteroatoms. The van der Waals surface area contributed by atoms with Gasteiger partial charge in [-0.2, -0.15) is 0 Å². The van der Waals surface area contributed by atoms with Gasteiger partial charge in [-0.3, -0.25) is 0 Å². The first-order valence-corrected chi connectivity index (χ1v) is 12.4. The van der Waals surface area contributed by atoms with E-state index in [1.807, 2.05) is 13.8 Å². The van der Waals surface area contributed by atoms with Gasteiger partial charge in [-0.1, -0.05) is 111 Å². The predicted octanol–water partition coefficient (Wildman–Crippen LogP) is 5.76. The molecular formula is C27H34NO2P. The molecule has 3 rings (SSSR count). The van der Waals surface area contributed by atoms with Crippen molar-refractivity contribution < 1.29 is 9.53 Å². The summed E-state index contributed by atoms with van der Waals surface area (Å²) in [5.74, 6) is 0. The Labute approximate surface area is 188 Å². The molecule has 0 aliphatic carbocycles. The third-order valence-corrected chi connectivity index (χ3v) is 6.88. The lowest BCUT2D eigenvalue weighted by molar-refractivity contribution is 0.115. The van der Waals surface area contributed by atoms with Crippen molar-refractivity contribution in [3.05, 3.63) is 91.0 Å². The van der Waals surface area contributed by atoms with Crippen molar-refractivity contribution in [2.24, 2.45) is 0 Å². The van der Waals surface area contributed by atoms with Gasteiger partial charge in [0.25, 0.3) is 0 Å². The molecule has 3 aromatic carbocycles.